The van der Waals surface area contributed by atoms with Crippen LogP contribution in [-0.2, 0) is 16.1 Å². The van der Waals surface area contributed by atoms with E-state index in [-0.39, 0.29) is 0 Å². The lowest BCUT2D eigenvalue weighted by atomic mass is 10.0. The number of aliphatic carboxylic acids is 2. The van der Waals surface area contributed by atoms with Crippen molar-refractivity contribution in [2.24, 2.45) is 0 Å². The highest BCUT2D eigenvalue weighted by molar-refractivity contribution is 5.80. The van der Waals surface area contributed by atoms with Crippen molar-refractivity contribution in [3.63, 3.8) is 0 Å². The van der Waals surface area contributed by atoms with Crippen molar-refractivity contribution in [3.05, 3.63) is 48.8 Å². The van der Waals surface area contributed by atoms with Crippen molar-refractivity contribution in [2.75, 3.05) is 31.2 Å². The minimum absolute atomic E-state index is 0.432. The van der Waals surface area contributed by atoms with Gasteiger partial charge in [-0.2, -0.15) is 0 Å². The van der Waals surface area contributed by atoms with E-state index in [0.717, 1.165) is 25.8 Å². The maximum atomic E-state index is 11.4. The molecule has 0 atom stereocenters. The van der Waals surface area contributed by atoms with Gasteiger partial charge in [0.15, 0.2) is 18.9 Å². The smallest absolute Gasteiger partial charge is 0.323 e. The Bertz CT molecular complexity index is 1020. The molecule has 246 valence electrons. The fourth-order valence-electron chi connectivity index (χ4n) is 5.33. The number of aryl methyl sites for hydroxylation is 1. The van der Waals surface area contributed by atoms with Gasteiger partial charge in [-0.25, -0.2) is 4.57 Å². The van der Waals surface area contributed by atoms with Crippen molar-refractivity contribution in [1.29, 1.82) is 0 Å². The molecule has 0 saturated carbocycles. The summed E-state index contributed by atoms with van der Waals surface area (Å²) in [6.07, 6.45) is 25.7. The number of anilines is 1. The third kappa shape index (κ3) is 18.4. The van der Waals surface area contributed by atoms with Crippen LogP contribution in [0, 0.1) is 0 Å². The first kappa shape index (κ1) is 36.9. The predicted molar refractivity (Wildman–Crippen MR) is 176 cm³/mol. The molecule has 1 aromatic carbocycles. The molecule has 8 nitrogen and oxygen atoms in total. The van der Waals surface area contributed by atoms with E-state index in [1.165, 1.54) is 94.8 Å². The molecule has 2 aromatic rings. The molecule has 0 radical (unpaired) electrons. The number of hydrogen-bond donors (Lipinski definition) is 2. The van der Waals surface area contributed by atoms with Gasteiger partial charge in [-0.1, -0.05) is 109 Å². The molecule has 0 aliphatic heterocycles. The number of carboxylic acid groups (broad SMARTS) is 2. The standard InChI is InChI=1S/C36H56N2O6/c1-2-3-4-5-6-7-8-9-10-11-12-13-14-15-16-20-25-43-33-27-32(38(30-35(39)40)31-36(41)42)28-34(29-33)44-26-21-24-37-22-18-17-19-23-37/h17-19,22-23,27-29H,2-16,20-21,24-26,30-31H2,1H3,(H-,39,40,41,42)/p+1. The summed E-state index contributed by atoms with van der Waals surface area (Å²) in [6, 6.07) is 11.1. The number of ether oxygens (including phenoxy) is 2. The first-order valence-corrected chi connectivity index (χ1v) is 17.0. The number of benzene rings is 1. The molecule has 0 unspecified atom stereocenters. The second kappa shape index (κ2) is 24.1. The van der Waals surface area contributed by atoms with E-state index >= 15 is 0 Å². The van der Waals surface area contributed by atoms with E-state index in [0.29, 0.717) is 30.4 Å². The Morgan fingerprint density at radius 3 is 1.50 bits per heavy atom. The molecule has 1 aromatic heterocycles. The van der Waals surface area contributed by atoms with Crippen molar-refractivity contribution in [3.8, 4) is 11.5 Å². The highest BCUT2D eigenvalue weighted by Crippen LogP contribution is 2.29. The molecule has 0 spiro atoms. The highest BCUT2D eigenvalue weighted by atomic mass is 16.5. The zero-order valence-corrected chi connectivity index (χ0v) is 27.1. The average molecular weight is 614 g/mol. The fraction of sp³-hybridized carbons (Fsp3) is 0.639. The summed E-state index contributed by atoms with van der Waals surface area (Å²) in [5.74, 6) is -1.12. The van der Waals surface area contributed by atoms with Crippen LogP contribution in [0.2, 0.25) is 0 Å². The van der Waals surface area contributed by atoms with Gasteiger partial charge in [0.2, 0.25) is 0 Å². The summed E-state index contributed by atoms with van der Waals surface area (Å²) in [7, 11) is 0. The summed E-state index contributed by atoms with van der Waals surface area (Å²) >= 11 is 0. The predicted octanol–water partition coefficient (Wildman–Crippen LogP) is 8.06. The van der Waals surface area contributed by atoms with Crippen LogP contribution in [0.25, 0.3) is 0 Å². The third-order valence-corrected chi connectivity index (χ3v) is 7.76. The van der Waals surface area contributed by atoms with Crippen molar-refractivity contribution in [2.45, 2.75) is 123 Å². The molecule has 0 aliphatic carbocycles. The first-order chi connectivity index (χ1) is 21.5. The van der Waals surface area contributed by atoms with Crippen molar-refractivity contribution in [1.82, 2.24) is 0 Å². The zero-order chi connectivity index (χ0) is 31.7. The molecule has 8 heteroatoms. The fourth-order valence-corrected chi connectivity index (χ4v) is 5.33. The zero-order valence-electron chi connectivity index (χ0n) is 27.1. The Morgan fingerprint density at radius 1 is 0.614 bits per heavy atom. The second-order valence-corrected chi connectivity index (χ2v) is 11.8. The molecule has 0 amide bonds. The van der Waals surface area contributed by atoms with E-state index < -0.39 is 25.0 Å². The van der Waals surface area contributed by atoms with E-state index in [1.54, 1.807) is 18.2 Å². The Hall–Kier alpha value is -3.29. The maximum absolute atomic E-state index is 11.4. The summed E-state index contributed by atoms with van der Waals surface area (Å²) in [5, 5.41) is 18.7. The maximum Gasteiger partial charge on any atom is 0.323 e. The molecular weight excluding hydrogens is 556 g/mol. The van der Waals surface area contributed by atoms with Gasteiger partial charge in [-0.05, 0) is 6.42 Å². The van der Waals surface area contributed by atoms with Crippen LogP contribution in [-0.4, -0.2) is 48.5 Å². The van der Waals surface area contributed by atoms with Crippen LogP contribution in [0.5, 0.6) is 11.5 Å². The molecule has 0 saturated heterocycles. The van der Waals surface area contributed by atoms with Gasteiger partial charge < -0.3 is 24.6 Å². The number of hydrogen-bond acceptors (Lipinski definition) is 5. The number of aromatic nitrogens is 1. The van der Waals surface area contributed by atoms with Gasteiger partial charge in [0.05, 0.1) is 13.2 Å². The molecule has 2 rings (SSSR count). The van der Waals surface area contributed by atoms with E-state index in [4.69, 9.17) is 9.47 Å². The largest absolute Gasteiger partial charge is 0.493 e. The lowest BCUT2D eigenvalue weighted by Gasteiger charge is -2.22. The summed E-state index contributed by atoms with van der Waals surface area (Å²) in [6.45, 7) is 3.21. The quantitative estimate of drug-likeness (QED) is 0.0740. The Morgan fingerprint density at radius 2 is 1.05 bits per heavy atom. The highest BCUT2D eigenvalue weighted by Gasteiger charge is 2.17. The Labute approximate surface area is 265 Å². The average Bonchev–Trinajstić information content (AvgIpc) is 3.00. The topological polar surface area (TPSA) is 100 Å². The first-order valence-electron chi connectivity index (χ1n) is 17.0. The molecule has 1 heterocycles. The van der Waals surface area contributed by atoms with Crippen molar-refractivity contribution >= 4 is 17.6 Å². The molecular formula is C36H57N2O6+. The van der Waals surface area contributed by atoms with Crippen LogP contribution in [0.1, 0.15) is 116 Å². The Kier molecular flexibility index (Phi) is 20.2. The lowest BCUT2D eigenvalue weighted by molar-refractivity contribution is -0.697. The minimum atomic E-state index is -1.10. The molecule has 0 bridgehead atoms. The van der Waals surface area contributed by atoms with Gasteiger partial charge in [0, 0.05) is 42.4 Å². The number of rotatable bonds is 28. The molecule has 0 aliphatic rings. The summed E-state index contributed by atoms with van der Waals surface area (Å²) in [4.78, 5) is 24.2. The van der Waals surface area contributed by atoms with Crippen molar-refractivity contribution < 1.29 is 33.8 Å². The van der Waals surface area contributed by atoms with Gasteiger partial charge in [0.1, 0.15) is 24.6 Å². The van der Waals surface area contributed by atoms with Gasteiger partial charge in [0.25, 0.3) is 0 Å². The van der Waals surface area contributed by atoms with E-state index in [1.807, 2.05) is 30.6 Å². The van der Waals surface area contributed by atoms with Gasteiger partial charge >= 0.3 is 11.9 Å². The SMILES string of the molecule is CCCCCCCCCCCCCCCCCCOc1cc(OCCC[n+]2ccccc2)cc(N(CC(=O)O)CC(=O)O)c1. The van der Waals surface area contributed by atoms with E-state index in [9.17, 15) is 19.8 Å². The van der Waals surface area contributed by atoms with Crippen LogP contribution in [0.3, 0.4) is 0 Å². The molecule has 44 heavy (non-hydrogen) atoms. The van der Waals surface area contributed by atoms with Crippen LogP contribution in [0.4, 0.5) is 5.69 Å². The Balaban J connectivity index is 1.71. The van der Waals surface area contributed by atoms with E-state index in [2.05, 4.69) is 11.5 Å². The molecule has 0 fully saturated rings. The van der Waals surface area contributed by atoms with Gasteiger partial charge in [-0.15, -0.1) is 0 Å². The summed E-state index contributed by atoms with van der Waals surface area (Å²) < 4.78 is 14.1. The lowest BCUT2D eigenvalue weighted by Crippen LogP contribution is -2.34. The monoisotopic (exact) mass is 613 g/mol. The number of pyridine rings is 1. The second-order valence-electron chi connectivity index (χ2n) is 11.8. The molecule has 2 N–H and O–H groups in total. The number of nitrogens with zero attached hydrogens (tertiary/aromatic N) is 2. The van der Waals surface area contributed by atoms with Crippen LogP contribution >= 0.6 is 0 Å². The third-order valence-electron chi connectivity index (χ3n) is 7.76. The van der Waals surface area contributed by atoms with Crippen LogP contribution in [0.15, 0.2) is 48.8 Å². The van der Waals surface area contributed by atoms with Gasteiger partial charge in [-0.3, -0.25) is 9.59 Å². The number of unbranched alkanes of at least 4 members (excludes halogenated alkanes) is 15. The number of carbonyl (C=O) groups is 2. The normalized spacial score (nSPS) is 10.9. The summed E-state index contributed by atoms with van der Waals surface area (Å²) in [5.41, 5.74) is 0.451. The minimum Gasteiger partial charge on any atom is -0.493 e. The van der Waals surface area contributed by atoms with Crippen LogP contribution < -0.4 is 18.9 Å². The number of carboxylic acids is 2.